The Morgan fingerprint density at radius 2 is 1.37 bits per heavy atom. The predicted octanol–water partition coefficient (Wildman–Crippen LogP) is 8.71. The van der Waals surface area contributed by atoms with Crippen LogP contribution in [0.1, 0.15) is 120 Å². The quantitative estimate of drug-likeness (QED) is 0.112. The van der Waals surface area contributed by atoms with Gasteiger partial charge in [0.05, 0.1) is 0 Å². The van der Waals surface area contributed by atoms with Crippen molar-refractivity contribution in [2.24, 2.45) is 0 Å². The molecule has 1 aromatic rings. The van der Waals surface area contributed by atoms with Crippen molar-refractivity contribution in [2.75, 3.05) is 5.33 Å². The third kappa shape index (κ3) is 13.5. The van der Waals surface area contributed by atoms with Crippen molar-refractivity contribution in [1.29, 1.82) is 0 Å². The average Bonchev–Trinajstić information content (AvgIpc) is 2.76. The summed E-state index contributed by atoms with van der Waals surface area (Å²) in [5.41, 5.74) is 4.12. The Balaban J connectivity index is 2.48. The molecule has 0 unspecified atom stereocenters. The number of carbonyl (C=O) groups is 1. The Bertz CT molecular complexity index is 556. The summed E-state index contributed by atoms with van der Waals surface area (Å²) < 4.78 is 5.56. The minimum absolute atomic E-state index is 0.0522. The van der Waals surface area contributed by atoms with Crippen molar-refractivity contribution in [3.8, 4) is 0 Å². The lowest BCUT2D eigenvalue weighted by Gasteiger charge is -2.13. The van der Waals surface area contributed by atoms with E-state index in [-0.39, 0.29) is 5.97 Å². The van der Waals surface area contributed by atoms with Gasteiger partial charge in [0.25, 0.3) is 0 Å². The Kier molecular flexibility index (Phi) is 17.1. The van der Waals surface area contributed by atoms with Gasteiger partial charge in [0.1, 0.15) is 6.61 Å². The Hall–Kier alpha value is -0.830. The van der Waals surface area contributed by atoms with Gasteiger partial charge in [-0.3, -0.25) is 4.79 Å². The van der Waals surface area contributed by atoms with E-state index in [2.05, 4.69) is 48.0 Å². The Labute approximate surface area is 194 Å². The zero-order valence-electron chi connectivity index (χ0n) is 19.7. The molecule has 0 heterocycles. The van der Waals surface area contributed by atoms with E-state index in [1.54, 1.807) is 0 Å². The molecule has 1 aromatic carbocycles. The second kappa shape index (κ2) is 18.9. The summed E-state index contributed by atoms with van der Waals surface area (Å²) in [5.74, 6) is -0.0522. The number of aryl methyl sites for hydroxylation is 2. The minimum Gasteiger partial charge on any atom is -0.461 e. The molecule has 0 saturated heterocycles. The van der Waals surface area contributed by atoms with Gasteiger partial charge in [-0.15, -0.1) is 0 Å². The highest BCUT2D eigenvalue weighted by atomic mass is 79.9. The first-order valence-electron chi connectivity index (χ1n) is 12.5. The summed E-state index contributed by atoms with van der Waals surface area (Å²) in [5, 5.41) is 1.08. The number of esters is 1. The van der Waals surface area contributed by atoms with E-state index in [4.69, 9.17) is 4.74 Å². The van der Waals surface area contributed by atoms with Gasteiger partial charge in [0, 0.05) is 11.8 Å². The molecule has 0 aromatic heterocycles. The fraction of sp³-hybridized carbons (Fsp3) is 0.741. The molecule has 30 heavy (non-hydrogen) atoms. The lowest BCUT2D eigenvalue weighted by molar-refractivity contribution is -0.145. The SMILES string of the molecule is CCCCCCc1ccc(COC(=O)CCCCCCCBr)cc1CCCCCC. The summed E-state index contributed by atoms with van der Waals surface area (Å²) in [6.07, 6.45) is 19.0. The molecular weight excluding hydrogens is 436 g/mol. The number of alkyl halides is 1. The van der Waals surface area contributed by atoms with Crippen LogP contribution < -0.4 is 0 Å². The zero-order chi connectivity index (χ0) is 21.9. The number of hydrogen-bond acceptors (Lipinski definition) is 2. The number of ether oxygens (including phenoxy) is 1. The molecule has 0 amide bonds. The maximum Gasteiger partial charge on any atom is 0.306 e. The van der Waals surface area contributed by atoms with Gasteiger partial charge in [-0.05, 0) is 55.2 Å². The third-order valence-corrected chi connectivity index (χ3v) is 6.35. The summed E-state index contributed by atoms with van der Waals surface area (Å²) in [4.78, 5) is 12.1. The van der Waals surface area contributed by atoms with Crippen molar-refractivity contribution in [3.05, 3.63) is 34.9 Å². The molecule has 0 saturated carbocycles. The van der Waals surface area contributed by atoms with E-state index in [1.165, 1.54) is 88.2 Å². The molecule has 172 valence electrons. The normalized spacial score (nSPS) is 11.0. The number of benzene rings is 1. The van der Waals surface area contributed by atoms with Gasteiger partial charge < -0.3 is 4.74 Å². The van der Waals surface area contributed by atoms with Gasteiger partial charge in [-0.1, -0.05) is 106 Å². The van der Waals surface area contributed by atoms with E-state index in [9.17, 15) is 4.79 Å². The van der Waals surface area contributed by atoms with Gasteiger partial charge in [0.15, 0.2) is 0 Å². The third-order valence-electron chi connectivity index (χ3n) is 5.78. The minimum atomic E-state index is -0.0522. The fourth-order valence-corrected chi connectivity index (χ4v) is 4.26. The maximum absolute atomic E-state index is 12.1. The van der Waals surface area contributed by atoms with Crippen LogP contribution in [0.25, 0.3) is 0 Å². The van der Waals surface area contributed by atoms with Gasteiger partial charge >= 0.3 is 5.97 Å². The van der Waals surface area contributed by atoms with Crippen molar-refractivity contribution in [1.82, 2.24) is 0 Å². The van der Waals surface area contributed by atoms with Crippen molar-refractivity contribution in [2.45, 2.75) is 123 Å². The van der Waals surface area contributed by atoms with Crippen LogP contribution in [0, 0.1) is 0 Å². The van der Waals surface area contributed by atoms with Crippen LogP contribution in [0.3, 0.4) is 0 Å². The van der Waals surface area contributed by atoms with Crippen LogP contribution in [0.4, 0.5) is 0 Å². The lowest BCUT2D eigenvalue weighted by Crippen LogP contribution is -2.05. The molecule has 0 bridgehead atoms. The molecule has 0 aliphatic rings. The van der Waals surface area contributed by atoms with E-state index in [1.807, 2.05) is 0 Å². The van der Waals surface area contributed by atoms with Crippen molar-refractivity contribution < 1.29 is 9.53 Å². The highest BCUT2D eigenvalue weighted by molar-refractivity contribution is 9.09. The smallest absolute Gasteiger partial charge is 0.306 e. The summed E-state index contributed by atoms with van der Waals surface area (Å²) in [6.45, 7) is 4.94. The van der Waals surface area contributed by atoms with E-state index in [0.29, 0.717) is 13.0 Å². The number of unbranched alkanes of at least 4 members (excludes halogenated alkanes) is 10. The zero-order valence-corrected chi connectivity index (χ0v) is 21.2. The Morgan fingerprint density at radius 3 is 2.03 bits per heavy atom. The topological polar surface area (TPSA) is 26.3 Å². The summed E-state index contributed by atoms with van der Waals surface area (Å²) >= 11 is 3.46. The standard InChI is InChI=1S/C27H45BrO2/c1-3-5-7-12-16-25-20-19-24(22-26(25)17-13-8-6-4-2)23-30-27(29)18-14-10-9-11-15-21-28/h19-20,22H,3-18,21,23H2,1-2H3. The van der Waals surface area contributed by atoms with E-state index in [0.717, 1.165) is 30.2 Å². The van der Waals surface area contributed by atoms with Crippen LogP contribution >= 0.6 is 15.9 Å². The summed E-state index contributed by atoms with van der Waals surface area (Å²) in [7, 11) is 0. The second-order valence-electron chi connectivity index (χ2n) is 8.59. The maximum atomic E-state index is 12.1. The molecule has 0 aliphatic heterocycles. The van der Waals surface area contributed by atoms with Crippen molar-refractivity contribution in [3.63, 3.8) is 0 Å². The van der Waals surface area contributed by atoms with Gasteiger partial charge in [-0.2, -0.15) is 0 Å². The van der Waals surface area contributed by atoms with Crippen LogP contribution in [0.2, 0.25) is 0 Å². The molecule has 2 nitrogen and oxygen atoms in total. The highest BCUT2D eigenvalue weighted by Crippen LogP contribution is 2.20. The van der Waals surface area contributed by atoms with Crippen molar-refractivity contribution >= 4 is 21.9 Å². The molecule has 1 rings (SSSR count). The molecule has 0 aliphatic carbocycles. The molecular formula is C27H45BrO2. The van der Waals surface area contributed by atoms with Crippen LogP contribution in [0.5, 0.6) is 0 Å². The molecule has 0 radical (unpaired) electrons. The first-order chi connectivity index (χ1) is 14.7. The fourth-order valence-electron chi connectivity index (χ4n) is 3.86. The average molecular weight is 482 g/mol. The van der Waals surface area contributed by atoms with E-state index < -0.39 is 0 Å². The monoisotopic (exact) mass is 480 g/mol. The molecule has 0 atom stereocenters. The van der Waals surface area contributed by atoms with Gasteiger partial charge in [0.2, 0.25) is 0 Å². The van der Waals surface area contributed by atoms with Crippen LogP contribution in [-0.4, -0.2) is 11.3 Å². The van der Waals surface area contributed by atoms with Crippen LogP contribution in [0.15, 0.2) is 18.2 Å². The van der Waals surface area contributed by atoms with E-state index >= 15 is 0 Å². The van der Waals surface area contributed by atoms with Gasteiger partial charge in [-0.25, -0.2) is 0 Å². The van der Waals surface area contributed by atoms with Crippen LogP contribution in [-0.2, 0) is 29.0 Å². The lowest BCUT2D eigenvalue weighted by atomic mass is 9.95. The number of hydrogen-bond donors (Lipinski definition) is 0. The molecule has 0 fully saturated rings. The number of halogens is 1. The first kappa shape index (κ1) is 27.2. The molecule has 0 N–H and O–H groups in total. The summed E-state index contributed by atoms with van der Waals surface area (Å²) in [6, 6.07) is 6.75. The predicted molar refractivity (Wildman–Crippen MR) is 133 cm³/mol. The first-order valence-corrected chi connectivity index (χ1v) is 13.7. The number of carbonyl (C=O) groups excluding carboxylic acids is 1. The Morgan fingerprint density at radius 1 is 0.767 bits per heavy atom. The molecule has 3 heteroatoms. The highest BCUT2D eigenvalue weighted by Gasteiger charge is 2.08. The number of rotatable bonds is 19. The molecule has 0 spiro atoms. The largest absolute Gasteiger partial charge is 0.461 e. The second-order valence-corrected chi connectivity index (χ2v) is 9.38.